The zero-order valence-corrected chi connectivity index (χ0v) is 10.0. The molecule has 0 heterocycles. The minimum absolute atomic E-state index is 0.194. The van der Waals surface area contributed by atoms with E-state index in [1.165, 1.54) is 13.2 Å². The van der Waals surface area contributed by atoms with Crippen LogP contribution in [0.2, 0.25) is 0 Å². The molecule has 4 heteroatoms. The highest BCUT2D eigenvalue weighted by Gasteiger charge is 2.06. The van der Waals surface area contributed by atoms with Gasteiger partial charge in [-0.2, -0.15) is 0 Å². The van der Waals surface area contributed by atoms with Crippen molar-refractivity contribution in [2.24, 2.45) is 0 Å². The van der Waals surface area contributed by atoms with Crippen LogP contribution in [0.1, 0.15) is 0 Å². The van der Waals surface area contributed by atoms with Crippen LogP contribution in [0.15, 0.2) is 53.4 Å². The fourth-order valence-electron chi connectivity index (χ4n) is 1.25. The van der Waals surface area contributed by atoms with E-state index in [-0.39, 0.29) is 5.75 Å². The maximum Gasteiger partial charge on any atom is 0.173 e. The van der Waals surface area contributed by atoms with E-state index in [9.17, 15) is 4.39 Å². The number of rotatable bonds is 4. The molecule has 88 valence electrons. The molecule has 2 nitrogen and oxygen atoms in total. The number of ether oxygens (including phenoxy) is 1. The first kappa shape index (κ1) is 11.8. The number of benzene rings is 2. The third kappa shape index (κ3) is 3.14. The highest BCUT2D eigenvalue weighted by atomic mass is 32.2. The monoisotopic (exact) mass is 250 g/mol. The molecule has 0 radical (unpaired) electrons. The summed E-state index contributed by atoms with van der Waals surface area (Å²) in [6.45, 7) is 0. The minimum atomic E-state index is -0.437. The summed E-state index contributed by atoms with van der Waals surface area (Å²) in [4.78, 5) is 0.919. The molecule has 2 rings (SSSR count). The van der Waals surface area contributed by atoms with Gasteiger partial charge in [0, 0.05) is 11.0 Å². The van der Waals surface area contributed by atoms with Crippen molar-refractivity contribution in [1.82, 2.24) is 0 Å². The fraction of sp³-hybridized carbons (Fsp3) is 0.0769. The van der Waals surface area contributed by atoms with Gasteiger partial charge in [0.1, 0.15) is 5.75 Å². The lowest BCUT2D eigenvalue weighted by molar-refractivity contribution is 0.409. The second kappa shape index (κ2) is 5.59. The molecule has 2 aromatic carbocycles. The van der Waals surface area contributed by atoms with E-state index in [1.54, 1.807) is 12.1 Å². The van der Waals surface area contributed by atoms with Crippen molar-refractivity contribution in [3.05, 3.63) is 54.3 Å². The van der Waals surface area contributed by atoms with E-state index < -0.39 is 5.82 Å². The van der Waals surface area contributed by atoms with Gasteiger partial charge in [-0.3, -0.25) is 0 Å². The summed E-state index contributed by atoms with van der Waals surface area (Å²) in [6.07, 6.45) is 0. The molecule has 17 heavy (non-hydrogen) atoms. The van der Waals surface area contributed by atoms with Crippen molar-refractivity contribution in [2.75, 3.05) is 7.11 Å². The molecule has 0 fully saturated rings. The first-order chi connectivity index (χ1) is 8.29. The Kier molecular flexibility index (Phi) is 3.88. The molecule has 0 aliphatic heterocycles. The molecule has 0 aliphatic carbocycles. The van der Waals surface area contributed by atoms with Crippen LogP contribution in [-0.2, 0) is 0 Å². The van der Waals surface area contributed by atoms with E-state index in [0.29, 0.717) is 5.75 Å². The van der Waals surface area contributed by atoms with Crippen LogP contribution in [0.5, 0.6) is 11.5 Å². The Morgan fingerprint density at radius 3 is 2.47 bits per heavy atom. The summed E-state index contributed by atoms with van der Waals surface area (Å²) in [5.41, 5.74) is 0. The van der Waals surface area contributed by atoms with Gasteiger partial charge in [-0.25, -0.2) is 4.39 Å². The quantitative estimate of drug-likeness (QED) is 0.766. The van der Waals surface area contributed by atoms with E-state index in [0.717, 1.165) is 16.9 Å². The van der Waals surface area contributed by atoms with Gasteiger partial charge in [0.25, 0.3) is 0 Å². The summed E-state index contributed by atoms with van der Waals surface area (Å²) < 4.78 is 23.7. The van der Waals surface area contributed by atoms with Gasteiger partial charge >= 0.3 is 0 Å². The van der Waals surface area contributed by atoms with Crippen molar-refractivity contribution >= 4 is 12.0 Å². The van der Waals surface area contributed by atoms with Gasteiger partial charge in [-0.15, -0.1) is 0 Å². The van der Waals surface area contributed by atoms with Crippen LogP contribution in [0.3, 0.4) is 0 Å². The normalized spacial score (nSPS) is 10.0. The molecule has 2 aromatic rings. The second-order valence-electron chi connectivity index (χ2n) is 3.28. The van der Waals surface area contributed by atoms with Gasteiger partial charge in [0.2, 0.25) is 0 Å². The Bertz CT molecular complexity index is 488. The van der Waals surface area contributed by atoms with E-state index >= 15 is 0 Å². The van der Waals surface area contributed by atoms with Gasteiger partial charge in [-0.1, -0.05) is 18.2 Å². The predicted octanol–water partition coefficient (Wildman–Crippen LogP) is 3.92. The molecule has 0 aromatic heterocycles. The Hall–Kier alpha value is -1.68. The second-order valence-corrected chi connectivity index (χ2v) is 4.08. The smallest absolute Gasteiger partial charge is 0.173 e. The Morgan fingerprint density at radius 1 is 1.06 bits per heavy atom. The summed E-state index contributed by atoms with van der Waals surface area (Å²) >= 11 is 1.12. The SMILES string of the molecule is COc1ccc(OSc2ccccc2)c(F)c1. The lowest BCUT2D eigenvalue weighted by Crippen LogP contribution is -1.89. The van der Waals surface area contributed by atoms with E-state index in [2.05, 4.69) is 0 Å². The lowest BCUT2D eigenvalue weighted by atomic mass is 10.3. The minimum Gasteiger partial charge on any atom is -0.497 e. The van der Waals surface area contributed by atoms with Crippen LogP contribution in [-0.4, -0.2) is 7.11 Å². The third-order valence-electron chi connectivity index (χ3n) is 2.11. The number of methoxy groups -OCH3 is 1. The Labute approximate surface area is 104 Å². The first-order valence-electron chi connectivity index (χ1n) is 5.02. The van der Waals surface area contributed by atoms with Crippen LogP contribution in [0.4, 0.5) is 4.39 Å². The zero-order valence-electron chi connectivity index (χ0n) is 9.22. The first-order valence-corrected chi connectivity index (χ1v) is 5.77. The Morgan fingerprint density at radius 2 is 1.82 bits per heavy atom. The van der Waals surface area contributed by atoms with Crippen LogP contribution in [0, 0.1) is 5.82 Å². The molecule has 0 amide bonds. The van der Waals surface area contributed by atoms with Crippen LogP contribution >= 0.6 is 12.0 Å². The number of hydrogen-bond acceptors (Lipinski definition) is 3. The average Bonchev–Trinajstić information content (AvgIpc) is 2.38. The van der Waals surface area contributed by atoms with Crippen molar-refractivity contribution in [3.8, 4) is 11.5 Å². The molecule has 0 atom stereocenters. The highest BCUT2D eigenvalue weighted by molar-refractivity contribution is 7.95. The average molecular weight is 250 g/mol. The molecular formula is C13H11FO2S. The molecule has 0 saturated heterocycles. The van der Waals surface area contributed by atoms with Crippen LogP contribution in [0.25, 0.3) is 0 Å². The number of halogens is 1. The van der Waals surface area contributed by atoms with Crippen molar-refractivity contribution in [1.29, 1.82) is 0 Å². The lowest BCUT2D eigenvalue weighted by Gasteiger charge is -2.06. The van der Waals surface area contributed by atoms with E-state index in [4.69, 9.17) is 8.92 Å². The molecule has 0 unspecified atom stereocenters. The van der Waals surface area contributed by atoms with Gasteiger partial charge in [-0.05, 0) is 24.3 Å². The topological polar surface area (TPSA) is 18.5 Å². The predicted molar refractivity (Wildman–Crippen MR) is 65.9 cm³/mol. The summed E-state index contributed by atoms with van der Waals surface area (Å²) in [5.74, 6) is 0.229. The fourth-order valence-corrected chi connectivity index (χ4v) is 1.83. The largest absolute Gasteiger partial charge is 0.497 e. The van der Waals surface area contributed by atoms with Gasteiger partial charge < -0.3 is 8.92 Å². The number of hydrogen-bond donors (Lipinski definition) is 0. The standard InChI is InChI=1S/C13H11FO2S/c1-15-10-7-8-13(12(14)9-10)16-17-11-5-3-2-4-6-11/h2-9H,1H3. The molecular weight excluding hydrogens is 239 g/mol. The highest BCUT2D eigenvalue weighted by Crippen LogP contribution is 2.28. The summed E-state index contributed by atoms with van der Waals surface area (Å²) in [6, 6.07) is 14.0. The van der Waals surface area contributed by atoms with Gasteiger partial charge in [0.15, 0.2) is 11.6 Å². The molecule has 0 bridgehead atoms. The molecule has 0 saturated carbocycles. The maximum absolute atomic E-state index is 13.5. The van der Waals surface area contributed by atoms with Gasteiger partial charge in [0.05, 0.1) is 19.2 Å². The molecule has 0 N–H and O–H groups in total. The summed E-state index contributed by atoms with van der Waals surface area (Å²) in [7, 11) is 1.49. The van der Waals surface area contributed by atoms with Crippen molar-refractivity contribution in [3.63, 3.8) is 0 Å². The Balaban J connectivity index is 2.04. The summed E-state index contributed by atoms with van der Waals surface area (Å²) in [5, 5.41) is 0. The van der Waals surface area contributed by atoms with Crippen LogP contribution < -0.4 is 8.92 Å². The maximum atomic E-state index is 13.5. The van der Waals surface area contributed by atoms with E-state index in [1.807, 2.05) is 30.3 Å². The zero-order chi connectivity index (χ0) is 12.1. The molecule has 0 spiro atoms. The van der Waals surface area contributed by atoms with Crippen molar-refractivity contribution in [2.45, 2.75) is 4.90 Å². The van der Waals surface area contributed by atoms with Crippen molar-refractivity contribution < 1.29 is 13.3 Å². The molecule has 0 aliphatic rings. The third-order valence-corrected chi connectivity index (χ3v) is 2.84.